The first kappa shape index (κ1) is 9.93. The second-order valence-electron chi connectivity index (χ2n) is 1.95. The van der Waals surface area contributed by atoms with E-state index in [-0.39, 0.29) is 6.29 Å². The van der Waals surface area contributed by atoms with Gasteiger partial charge in [0.15, 0.2) is 6.29 Å². The summed E-state index contributed by atoms with van der Waals surface area (Å²) in [6.45, 7) is -0.599. The molecule has 0 spiro atoms. The van der Waals surface area contributed by atoms with Gasteiger partial charge in [-0.25, -0.2) is 0 Å². The molecular formula is C6H8O5. The molecule has 0 rings (SSSR count). The Morgan fingerprint density at radius 1 is 1.45 bits per heavy atom. The van der Waals surface area contributed by atoms with Gasteiger partial charge in [0.1, 0.15) is 0 Å². The standard InChI is InChI=1S/C6H8O5/c7-2-4(9)1-5(10)6(11)3-8/h3-4,7,9H,1-2H2. The number of hydrogen-bond donors (Lipinski definition) is 2. The van der Waals surface area contributed by atoms with Gasteiger partial charge in [-0.1, -0.05) is 0 Å². The molecular weight excluding hydrogens is 152 g/mol. The average molecular weight is 160 g/mol. The van der Waals surface area contributed by atoms with E-state index in [4.69, 9.17) is 10.2 Å². The lowest BCUT2D eigenvalue weighted by molar-refractivity contribution is -0.141. The molecule has 0 radical (unpaired) electrons. The molecule has 11 heavy (non-hydrogen) atoms. The Hall–Kier alpha value is -1.07. The van der Waals surface area contributed by atoms with Crippen LogP contribution in [0.2, 0.25) is 0 Å². The van der Waals surface area contributed by atoms with E-state index in [0.29, 0.717) is 0 Å². The molecule has 62 valence electrons. The molecule has 1 unspecified atom stereocenters. The molecule has 0 aromatic heterocycles. The fourth-order valence-corrected chi connectivity index (χ4v) is 0.445. The van der Waals surface area contributed by atoms with Crippen LogP contribution in [0.25, 0.3) is 0 Å². The highest BCUT2D eigenvalue weighted by Gasteiger charge is 2.16. The van der Waals surface area contributed by atoms with Crippen molar-refractivity contribution in [2.45, 2.75) is 12.5 Å². The second kappa shape index (κ2) is 4.70. The van der Waals surface area contributed by atoms with Crippen LogP contribution >= 0.6 is 0 Å². The van der Waals surface area contributed by atoms with Crippen molar-refractivity contribution in [1.29, 1.82) is 0 Å². The van der Waals surface area contributed by atoms with E-state index < -0.39 is 30.7 Å². The molecule has 0 saturated carbocycles. The van der Waals surface area contributed by atoms with E-state index >= 15 is 0 Å². The van der Waals surface area contributed by atoms with E-state index in [9.17, 15) is 14.4 Å². The largest absolute Gasteiger partial charge is 0.394 e. The molecule has 5 heteroatoms. The average Bonchev–Trinajstić information content (AvgIpc) is 2.02. The van der Waals surface area contributed by atoms with E-state index in [1.165, 1.54) is 0 Å². The molecule has 0 amide bonds. The Balaban J connectivity index is 3.87. The zero-order valence-corrected chi connectivity index (χ0v) is 5.69. The molecule has 0 aliphatic heterocycles. The quantitative estimate of drug-likeness (QED) is 0.277. The summed E-state index contributed by atoms with van der Waals surface area (Å²) in [4.78, 5) is 30.4. The van der Waals surface area contributed by atoms with Gasteiger partial charge >= 0.3 is 0 Å². The summed E-state index contributed by atoms with van der Waals surface area (Å²) in [6.07, 6.45) is -1.88. The van der Waals surface area contributed by atoms with Gasteiger partial charge in [0.25, 0.3) is 5.78 Å². The Morgan fingerprint density at radius 3 is 2.36 bits per heavy atom. The summed E-state index contributed by atoms with van der Waals surface area (Å²) in [5, 5.41) is 16.9. The maximum atomic E-state index is 10.5. The third-order valence-electron chi connectivity index (χ3n) is 1.01. The van der Waals surface area contributed by atoms with Crippen LogP contribution < -0.4 is 0 Å². The van der Waals surface area contributed by atoms with Crippen LogP contribution in [-0.4, -0.2) is 40.8 Å². The lowest BCUT2D eigenvalue weighted by Gasteiger charge is -2.01. The van der Waals surface area contributed by atoms with Crippen molar-refractivity contribution in [1.82, 2.24) is 0 Å². The molecule has 0 bridgehead atoms. The number of ketones is 2. The number of aliphatic hydroxyl groups is 2. The third-order valence-corrected chi connectivity index (χ3v) is 1.01. The molecule has 1 atom stereocenters. The van der Waals surface area contributed by atoms with Gasteiger partial charge in [-0.05, 0) is 0 Å². The Kier molecular flexibility index (Phi) is 4.24. The SMILES string of the molecule is O=CC(=O)C(=O)CC(O)CO. The molecule has 0 heterocycles. The van der Waals surface area contributed by atoms with Gasteiger partial charge in [0, 0.05) is 6.42 Å². The summed E-state index contributed by atoms with van der Waals surface area (Å²) < 4.78 is 0. The fourth-order valence-electron chi connectivity index (χ4n) is 0.445. The van der Waals surface area contributed by atoms with Crippen molar-refractivity contribution in [3.05, 3.63) is 0 Å². The van der Waals surface area contributed by atoms with Crippen LogP contribution in [0.15, 0.2) is 0 Å². The van der Waals surface area contributed by atoms with Crippen molar-refractivity contribution in [2.75, 3.05) is 6.61 Å². The molecule has 0 fully saturated rings. The van der Waals surface area contributed by atoms with E-state index in [1.54, 1.807) is 0 Å². The van der Waals surface area contributed by atoms with Crippen LogP contribution in [0.1, 0.15) is 6.42 Å². The first-order chi connectivity index (χ1) is 5.11. The molecule has 0 saturated heterocycles. The predicted molar refractivity (Wildman–Crippen MR) is 33.8 cm³/mol. The Bertz CT molecular complexity index is 174. The van der Waals surface area contributed by atoms with Crippen molar-refractivity contribution in [3.8, 4) is 0 Å². The minimum atomic E-state index is -1.26. The van der Waals surface area contributed by atoms with Crippen molar-refractivity contribution in [3.63, 3.8) is 0 Å². The van der Waals surface area contributed by atoms with Crippen LogP contribution in [0.5, 0.6) is 0 Å². The maximum absolute atomic E-state index is 10.5. The zero-order valence-electron chi connectivity index (χ0n) is 5.69. The number of aliphatic hydroxyl groups excluding tert-OH is 2. The number of rotatable bonds is 5. The molecule has 2 N–H and O–H groups in total. The highest BCUT2D eigenvalue weighted by atomic mass is 16.3. The van der Waals surface area contributed by atoms with Crippen LogP contribution in [0.3, 0.4) is 0 Å². The van der Waals surface area contributed by atoms with Crippen molar-refractivity contribution >= 4 is 17.9 Å². The predicted octanol–water partition coefficient (Wildman–Crippen LogP) is -1.93. The van der Waals surface area contributed by atoms with Crippen LogP contribution in [-0.2, 0) is 14.4 Å². The minimum absolute atomic E-state index is 0.119. The lowest BCUT2D eigenvalue weighted by Crippen LogP contribution is -2.23. The Labute approximate surface area is 62.6 Å². The van der Waals surface area contributed by atoms with Gasteiger partial charge in [-0.3, -0.25) is 14.4 Å². The second-order valence-corrected chi connectivity index (χ2v) is 1.95. The first-order valence-corrected chi connectivity index (χ1v) is 2.93. The number of carbonyl (C=O) groups excluding carboxylic acids is 3. The smallest absolute Gasteiger partial charge is 0.260 e. The summed E-state index contributed by atoms with van der Waals surface area (Å²) in [6, 6.07) is 0. The van der Waals surface area contributed by atoms with Crippen LogP contribution in [0.4, 0.5) is 0 Å². The number of hydrogen-bond acceptors (Lipinski definition) is 5. The molecule has 5 nitrogen and oxygen atoms in total. The first-order valence-electron chi connectivity index (χ1n) is 2.93. The lowest BCUT2D eigenvalue weighted by atomic mass is 10.1. The van der Waals surface area contributed by atoms with Gasteiger partial charge < -0.3 is 10.2 Å². The third kappa shape index (κ3) is 3.59. The molecule has 0 aromatic rings. The summed E-state index contributed by atoms with van der Waals surface area (Å²) in [5.74, 6) is -2.17. The van der Waals surface area contributed by atoms with E-state index in [0.717, 1.165) is 0 Å². The number of aldehydes is 1. The van der Waals surface area contributed by atoms with E-state index in [2.05, 4.69) is 0 Å². The summed E-state index contributed by atoms with van der Waals surface area (Å²) in [7, 11) is 0. The highest BCUT2D eigenvalue weighted by molar-refractivity contribution is 6.57. The van der Waals surface area contributed by atoms with E-state index in [1.807, 2.05) is 0 Å². The van der Waals surface area contributed by atoms with Crippen molar-refractivity contribution < 1.29 is 24.6 Å². The molecule has 0 aromatic carbocycles. The number of carbonyl (C=O) groups is 3. The zero-order chi connectivity index (χ0) is 8.85. The maximum Gasteiger partial charge on any atom is 0.260 e. The number of Topliss-reactive ketones (excluding diaryl/α,β-unsaturated/α-hetero) is 2. The van der Waals surface area contributed by atoms with Gasteiger partial charge in [-0.2, -0.15) is 0 Å². The Morgan fingerprint density at radius 2 is 2.00 bits per heavy atom. The normalized spacial score (nSPS) is 12.2. The van der Waals surface area contributed by atoms with Crippen LogP contribution in [0, 0.1) is 0 Å². The highest BCUT2D eigenvalue weighted by Crippen LogP contribution is 1.91. The van der Waals surface area contributed by atoms with Crippen molar-refractivity contribution in [2.24, 2.45) is 0 Å². The fraction of sp³-hybridized carbons (Fsp3) is 0.500. The van der Waals surface area contributed by atoms with Gasteiger partial charge in [0.2, 0.25) is 5.78 Å². The van der Waals surface area contributed by atoms with Gasteiger partial charge in [-0.15, -0.1) is 0 Å². The molecule has 0 aliphatic rings. The monoisotopic (exact) mass is 160 g/mol. The van der Waals surface area contributed by atoms with Gasteiger partial charge in [0.05, 0.1) is 12.7 Å². The summed E-state index contributed by atoms with van der Waals surface area (Å²) >= 11 is 0. The molecule has 0 aliphatic carbocycles. The summed E-state index contributed by atoms with van der Waals surface area (Å²) in [5.41, 5.74) is 0. The minimum Gasteiger partial charge on any atom is -0.394 e. The topological polar surface area (TPSA) is 91.7 Å².